The highest BCUT2D eigenvalue weighted by atomic mass is 16.2. The number of carbonyl (C=O) groups excluding carboxylic acids is 2. The van der Waals surface area contributed by atoms with Gasteiger partial charge in [0, 0.05) is 49.7 Å². The molecule has 2 amide bonds. The number of imidazole rings is 1. The highest BCUT2D eigenvalue weighted by Gasteiger charge is 2.20. The number of carbonyl (C=O) groups is 2. The number of nitrogens with one attached hydrogen (secondary N) is 1. The number of pyridine rings is 1. The smallest absolute Gasteiger partial charge is 0.251 e. The molecule has 0 saturated heterocycles. The lowest BCUT2D eigenvalue weighted by Gasteiger charge is -2.28. The van der Waals surface area contributed by atoms with E-state index in [1.54, 1.807) is 6.20 Å². The molecule has 154 valence electrons. The predicted octanol–water partition coefficient (Wildman–Crippen LogP) is 3.54. The number of aromatic nitrogens is 2. The summed E-state index contributed by atoms with van der Waals surface area (Å²) < 4.78 is 1.93. The number of rotatable bonds is 5. The Kier molecular flexibility index (Phi) is 5.65. The van der Waals surface area contributed by atoms with Crippen LogP contribution in [0.1, 0.15) is 41.8 Å². The number of hydrogen-bond acceptors (Lipinski definition) is 3. The van der Waals surface area contributed by atoms with Gasteiger partial charge < -0.3 is 14.6 Å². The molecule has 1 aliphatic rings. The van der Waals surface area contributed by atoms with Crippen molar-refractivity contribution in [2.75, 3.05) is 13.1 Å². The van der Waals surface area contributed by atoms with Crippen molar-refractivity contribution in [2.45, 2.75) is 26.8 Å². The van der Waals surface area contributed by atoms with Gasteiger partial charge in [-0.2, -0.15) is 0 Å². The average molecular weight is 402 g/mol. The molecule has 3 heterocycles. The van der Waals surface area contributed by atoms with E-state index in [2.05, 4.69) is 16.4 Å². The monoisotopic (exact) mass is 402 g/mol. The molecule has 1 aromatic carbocycles. The van der Waals surface area contributed by atoms with Gasteiger partial charge >= 0.3 is 0 Å². The highest BCUT2D eigenvalue weighted by molar-refractivity contribution is 5.94. The van der Waals surface area contributed by atoms with Crippen molar-refractivity contribution < 1.29 is 9.59 Å². The van der Waals surface area contributed by atoms with Crippen LogP contribution in [0.25, 0.3) is 11.2 Å². The minimum atomic E-state index is -0.0985. The zero-order valence-electron chi connectivity index (χ0n) is 17.3. The lowest BCUT2D eigenvalue weighted by atomic mass is 9.97. The Hall–Kier alpha value is -3.41. The summed E-state index contributed by atoms with van der Waals surface area (Å²) in [6.45, 7) is 5.71. The molecule has 0 fully saturated rings. The zero-order chi connectivity index (χ0) is 21.1. The molecule has 0 bridgehead atoms. The third-order valence-corrected chi connectivity index (χ3v) is 5.44. The maximum atomic E-state index is 12.5. The van der Waals surface area contributed by atoms with Crippen LogP contribution in [-0.4, -0.2) is 39.2 Å². The first kappa shape index (κ1) is 19.9. The molecule has 0 spiro atoms. The molecule has 0 saturated carbocycles. The topological polar surface area (TPSA) is 66.7 Å². The molecule has 6 heteroatoms. The van der Waals surface area contributed by atoms with E-state index in [9.17, 15) is 9.59 Å². The summed E-state index contributed by atoms with van der Waals surface area (Å²) >= 11 is 0. The summed E-state index contributed by atoms with van der Waals surface area (Å²) in [6.07, 6.45) is 8.55. The summed E-state index contributed by atoms with van der Waals surface area (Å²) in [7, 11) is 0. The van der Waals surface area contributed by atoms with Crippen LogP contribution < -0.4 is 5.32 Å². The van der Waals surface area contributed by atoms with E-state index in [4.69, 9.17) is 0 Å². The molecule has 3 aromatic rings. The second kappa shape index (κ2) is 8.53. The number of amides is 2. The van der Waals surface area contributed by atoms with Crippen LogP contribution in [0.2, 0.25) is 0 Å². The number of fused-ring (bicyclic) bond motifs is 1. The third-order valence-electron chi connectivity index (χ3n) is 5.44. The maximum Gasteiger partial charge on any atom is 0.251 e. The van der Waals surface area contributed by atoms with Crippen LogP contribution in [-0.2, 0) is 11.3 Å². The molecule has 2 aromatic heterocycles. The molecule has 4 rings (SSSR count). The van der Waals surface area contributed by atoms with Gasteiger partial charge in [-0.05, 0) is 41.3 Å². The summed E-state index contributed by atoms with van der Waals surface area (Å²) in [4.78, 5) is 30.8. The van der Waals surface area contributed by atoms with Gasteiger partial charge in [0.2, 0.25) is 5.91 Å². The summed E-state index contributed by atoms with van der Waals surface area (Å²) in [5.74, 6) is 0.128. The molecule has 6 nitrogen and oxygen atoms in total. The molecular formula is C24H26N4O2. The standard InChI is InChI=1S/C24H26N4O2/c1-17(2)24(30)27-12-9-20(10-13-27)19-4-6-21(7-5-19)23(29)26-15-18-3-8-22-25-11-14-28(22)16-18/h3-9,11,14,16-17H,10,12-13,15H2,1-2H3,(H,26,29). The van der Waals surface area contributed by atoms with Gasteiger partial charge in [-0.25, -0.2) is 4.98 Å². The Morgan fingerprint density at radius 1 is 1.13 bits per heavy atom. The van der Waals surface area contributed by atoms with Crippen LogP contribution in [0.3, 0.4) is 0 Å². The second-order valence-electron chi connectivity index (χ2n) is 7.91. The Morgan fingerprint density at radius 2 is 1.93 bits per heavy atom. The quantitative estimate of drug-likeness (QED) is 0.710. The van der Waals surface area contributed by atoms with Gasteiger partial charge in [-0.15, -0.1) is 0 Å². The molecular weight excluding hydrogens is 376 g/mol. The molecule has 0 unspecified atom stereocenters. The van der Waals surface area contributed by atoms with E-state index in [0.29, 0.717) is 18.7 Å². The van der Waals surface area contributed by atoms with Crippen molar-refractivity contribution in [1.82, 2.24) is 19.6 Å². The van der Waals surface area contributed by atoms with Crippen LogP contribution in [0.15, 0.2) is 61.1 Å². The summed E-state index contributed by atoms with van der Waals surface area (Å²) in [6, 6.07) is 11.6. The predicted molar refractivity (Wildman–Crippen MR) is 117 cm³/mol. The van der Waals surface area contributed by atoms with E-state index in [0.717, 1.165) is 29.7 Å². The first-order valence-electron chi connectivity index (χ1n) is 10.3. The highest BCUT2D eigenvalue weighted by Crippen LogP contribution is 2.23. The Labute approximate surface area is 176 Å². The normalized spacial score (nSPS) is 14.1. The summed E-state index contributed by atoms with van der Waals surface area (Å²) in [5, 5.41) is 2.97. The zero-order valence-corrected chi connectivity index (χ0v) is 17.3. The number of benzene rings is 1. The fourth-order valence-electron chi connectivity index (χ4n) is 3.69. The lowest BCUT2D eigenvalue weighted by Crippen LogP contribution is -2.37. The molecule has 1 N–H and O–H groups in total. The Morgan fingerprint density at radius 3 is 2.63 bits per heavy atom. The SMILES string of the molecule is CC(C)C(=O)N1CC=C(c2ccc(C(=O)NCc3ccc4nccn4c3)cc2)CC1. The first-order valence-corrected chi connectivity index (χ1v) is 10.3. The molecule has 0 aliphatic carbocycles. The third kappa shape index (κ3) is 4.27. The van der Waals surface area contributed by atoms with E-state index in [-0.39, 0.29) is 17.7 Å². The van der Waals surface area contributed by atoms with Gasteiger partial charge in [-0.3, -0.25) is 9.59 Å². The van der Waals surface area contributed by atoms with Crippen molar-refractivity contribution >= 4 is 23.0 Å². The summed E-state index contributed by atoms with van der Waals surface area (Å²) in [5.41, 5.74) is 4.86. The van der Waals surface area contributed by atoms with Crippen molar-refractivity contribution in [3.8, 4) is 0 Å². The largest absolute Gasteiger partial charge is 0.348 e. The van der Waals surface area contributed by atoms with Crippen LogP contribution >= 0.6 is 0 Å². The number of nitrogens with zero attached hydrogens (tertiary/aromatic N) is 3. The van der Waals surface area contributed by atoms with Crippen LogP contribution in [0.4, 0.5) is 0 Å². The van der Waals surface area contributed by atoms with Gasteiger partial charge in [0.15, 0.2) is 0 Å². The van der Waals surface area contributed by atoms with Gasteiger partial charge in [0.25, 0.3) is 5.91 Å². The Bertz CT molecular complexity index is 1100. The van der Waals surface area contributed by atoms with Gasteiger partial charge in [-0.1, -0.05) is 38.1 Å². The van der Waals surface area contributed by atoms with Crippen molar-refractivity contribution in [1.29, 1.82) is 0 Å². The minimum Gasteiger partial charge on any atom is -0.348 e. The fraction of sp³-hybridized carbons (Fsp3) is 0.292. The van der Waals surface area contributed by atoms with Crippen molar-refractivity contribution in [2.24, 2.45) is 5.92 Å². The molecule has 1 aliphatic heterocycles. The fourth-order valence-corrected chi connectivity index (χ4v) is 3.69. The first-order chi connectivity index (χ1) is 14.5. The maximum absolute atomic E-state index is 12.5. The average Bonchev–Trinajstić information content (AvgIpc) is 3.25. The second-order valence-corrected chi connectivity index (χ2v) is 7.91. The lowest BCUT2D eigenvalue weighted by molar-refractivity contribution is -0.134. The molecule has 0 atom stereocenters. The van der Waals surface area contributed by atoms with E-state index < -0.39 is 0 Å². The number of hydrogen-bond donors (Lipinski definition) is 1. The minimum absolute atomic E-state index is 0.0274. The molecule has 30 heavy (non-hydrogen) atoms. The van der Waals surface area contributed by atoms with E-state index in [1.807, 2.05) is 71.9 Å². The van der Waals surface area contributed by atoms with Crippen LogP contribution in [0.5, 0.6) is 0 Å². The van der Waals surface area contributed by atoms with E-state index >= 15 is 0 Å². The molecule has 0 radical (unpaired) electrons. The Balaban J connectivity index is 1.36. The van der Waals surface area contributed by atoms with Gasteiger partial charge in [0.05, 0.1) is 0 Å². The van der Waals surface area contributed by atoms with E-state index in [1.165, 1.54) is 5.57 Å². The van der Waals surface area contributed by atoms with Gasteiger partial charge in [0.1, 0.15) is 5.65 Å². The van der Waals surface area contributed by atoms with Crippen LogP contribution in [0, 0.1) is 5.92 Å². The van der Waals surface area contributed by atoms with Crippen molar-refractivity contribution in [3.63, 3.8) is 0 Å². The van der Waals surface area contributed by atoms with Crippen molar-refractivity contribution in [3.05, 3.63) is 77.8 Å².